The first-order chi connectivity index (χ1) is 8.59. The van der Waals surface area contributed by atoms with Gasteiger partial charge in [-0.05, 0) is 19.4 Å². The van der Waals surface area contributed by atoms with Gasteiger partial charge in [0.2, 0.25) is 5.91 Å². The molecular formula is C14H19NO2S. The van der Waals surface area contributed by atoms with Crippen molar-refractivity contribution in [2.45, 2.75) is 26.3 Å². The summed E-state index contributed by atoms with van der Waals surface area (Å²) < 4.78 is 0. The molecule has 18 heavy (non-hydrogen) atoms. The van der Waals surface area contributed by atoms with Crippen molar-refractivity contribution in [2.75, 3.05) is 11.5 Å². The van der Waals surface area contributed by atoms with Gasteiger partial charge in [-0.2, -0.15) is 11.8 Å². The van der Waals surface area contributed by atoms with Gasteiger partial charge in [0.25, 0.3) is 0 Å². The van der Waals surface area contributed by atoms with Crippen LogP contribution >= 0.6 is 11.8 Å². The Morgan fingerprint density at radius 1 is 1.28 bits per heavy atom. The summed E-state index contributed by atoms with van der Waals surface area (Å²) in [6.07, 6.45) is 0.534. The van der Waals surface area contributed by atoms with E-state index in [9.17, 15) is 9.59 Å². The Bertz CT molecular complexity index is 392. The molecular weight excluding hydrogens is 246 g/mol. The van der Waals surface area contributed by atoms with E-state index in [4.69, 9.17) is 0 Å². The van der Waals surface area contributed by atoms with Crippen LogP contribution in [0.2, 0.25) is 0 Å². The Morgan fingerprint density at radius 3 is 2.56 bits per heavy atom. The molecule has 98 valence electrons. The summed E-state index contributed by atoms with van der Waals surface area (Å²) in [4.78, 5) is 22.4. The molecule has 0 radical (unpaired) electrons. The van der Waals surface area contributed by atoms with E-state index < -0.39 is 0 Å². The minimum absolute atomic E-state index is 0.0138. The molecule has 3 nitrogen and oxygen atoms in total. The highest BCUT2D eigenvalue weighted by molar-refractivity contribution is 7.99. The molecule has 1 aromatic carbocycles. The van der Waals surface area contributed by atoms with E-state index in [0.29, 0.717) is 17.9 Å². The third-order valence-electron chi connectivity index (χ3n) is 2.51. The Balaban J connectivity index is 2.26. The van der Waals surface area contributed by atoms with E-state index in [1.807, 2.05) is 37.3 Å². The predicted molar refractivity (Wildman–Crippen MR) is 75.6 cm³/mol. The molecule has 0 fully saturated rings. The van der Waals surface area contributed by atoms with E-state index in [-0.39, 0.29) is 17.7 Å². The maximum Gasteiger partial charge on any atom is 0.230 e. The van der Waals surface area contributed by atoms with Gasteiger partial charge < -0.3 is 5.32 Å². The largest absolute Gasteiger partial charge is 0.349 e. The number of ketones is 1. The number of rotatable bonds is 7. The lowest BCUT2D eigenvalue weighted by Crippen LogP contribution is -2.28. The van der Waals surface area contributed by atoms with Crippen molar-refractivity contribution >= 4 is 23.5 Å². The molecule has 1 unspecified atom stereocenters. The standard InChI is InChI=1S/C14H19NO2S/c1-11(16)8-9-18-10-14(17)15-12(2)13-6-4-3-5-7-13/h3-7,12H,8-10H2,1-2H3,(H,15,17). The second-order valence-electron chi connectivity index (χ2n) is 4.20. The van der Waals surface area contributed by atoms with Crippen molar-refractivity contribution in [3.63, 3.8) is 0 Å². The van der Waals surface area contributed by atoms with Gasteiger partial charge in [-0.25, -0.2) is 0 Å². The predicted octanol–water partition coefficient (Wildman–Crippen LogP) is 2.58. The minimum atomic E-state index is 0.0138. The van der Waals surface area contributed by atoms with Crippen molar-refractivity contribution in [1.82, 2.24) is 5.32 Å². The van der Waals surface area contributed by atoms with Gasteiger partial charge in [0.1, 0.15) is 5.78 Å². The highest BCUT2D eigenvalue weighted by atomic mass is 32.2. The van der Waals surface area contributed by atoms with E-state index in [1.54, 1.807) is 6.92 Å². The molecule has 1 rings (SSSR count). The van der Waals surface area contributed by atoms with E-state index in [1.165, 1.54) is 11.8 Å². The van der Waals surface area contributed by atoms with Crippen LogP contribution in [-0.2, 0) is 9.59 Å². The summed E-state index contributed by atoms with van der Waals surface area (Å²) >= 11 is 1.49. The van der Waals surface area contributed by atoms with Gasteiger partial charge in [0, 0.05) is 12.2 Å². The van der Waals surface area contributed by atoms with Gasteiger partial charge in [0.05, 0.1) is 11.8 Å². The van der Waals surface area contributed by atoms with Gasteiger partial charge in [-0.3, -0.25) is 9.59 Å². The zero-order valence-corrected chi connectivity index (χ0v) is 11.6. The van der Waals surface area contributed by atoms with Gasteiger partial charge >= 0.3 is 0 Å². The van der Waals surface area contributed by atoms with Crippen molar-refractivity contribution in [1.29, 1.82) is 0 Å². The van der Waals surface area contributed by atoms with E-state index in [0.717, 1.165) is 5.56 Å². The fourth-order valence-electron chi connectivity index (χ4n) is 1.49. The van der Waals surface area contributed by atoms with Crippen molar-refractivity contribution in [3.05, 3.63) is 35.9 Å². The van der Waals surface area contributed by atoms with Crippen LogP contribution in [-0.4, -0.2) is 23.2 Å². The first-order valence-corrected chi connectivity index (χ1v) is 7.16. The van der Waals surface area contributed by atoms with Crippen LogP contribution in [0.15, 0.2) is 30.3 Å². The molecule has 0 spiro atoms. The normalized spacial score (nSPS) is 11.9. The van der Waals surface area contributed by atoms with Crippen molar-refractivity contribution in [2.24, 2.45) is 0 Å². The highest BCUT2D eigenvalue weighted by Gasteiger charge is 2.08. The lowest BCUT2D eigenvalue weighted by atomic mass is 10.1. The number of amides is 1. The maximum absolute atomic E-state index is 11.7. The summed E-state index contributed by atoms with van der Waals surface area (Å²) in [5.74, 6) is 1.30. The third-order valence-corrected chi connectivity index (χ3v) is 3.47. The van der Waals surface area contributed by atoms with Gasteiger partial charge in [0.15, 0.2) is 0 Å². The third kappa shape index (κ3) is 5.87. The number of Topliss-reactive ketones (excluding diaryl/α,β-unsaturated/α-hetero) is 1. The molecule has 1 amide bonds. The molecule has 1 N–H and O–H groups in total. The van der Waals surface area contributed by atoms with Crippen molar-refractivity contribution < 1.29 is 9.59 Å². The van der Waals surface area contributed by atoms with Gasteiger partial charge in [-0.1, -0.05) is 30.3 Å². The maximum atomic E-state index is 11.7. The first kappa shape index (κ1) is 14.8. The van der Waals surface area contributed by atoms with Crippen LogP contribution < -0.4 is 5.32 Å². The van der Waals surface area contributed by atoms with Crippen LogP contribution in [0.4, 0.5) is 0 Å². The Morgan fingerprint density at radius 2 is 1.94 bits per heavy atom. The molecule has 0 aliphatic rings. The molecule has 0 bridgehead atoms. The summed E-state index contributed by atoms with van der Waals surface area (Å²) in [5, 5.41) is 2.94. The number of thioether (sulfide) groups is 1. The smallest absolute Gasteiger partial charge is 0.230 e. The quantitative estimate of drug-likeness (QED) is 0.771. The molecule has 1 atom stereocenters. The van der Waals surface area contributed by atoms with Crippen LogP contribution in [0.5, 0.6) is 0 Å². The molecule has 1 aromatic rings. The average Bonchev–Trinajstić information content (AvgIpc) is 2.35. The fraction of sp³-hybridized carbons (Fsp3) is 0.429. The van der Waals surface area contributed by atoms with Crippen LogP contribution in [0, 0.1) is 0 Å². The van der Waals surface area contributed by atoms with Crippen LogP contribution in [0.3, 0.4) is 0 Å². The second kappa shape index (κ2) is 7.93. The summed E-state index contributed by atoms with van der Waals surface area (Å²) in [5.41, 5.74) is 1.10. The summed E-state index contributed by atoms with van der Waals surface area (Å²) in [6, 6.07) is 9.88. The van der Waals surface area contributed by atoms with Crippen molar-refractivity contribution in [3.8, 4) is 0 Å². The highest BCUT2D eigenvalue weighted by Crippen LogP contribution is 2.11. The molecule has 0 aliphatic carbocycles. The summed E-state index contributed by atoms with van der Waals surface area (Å²) in [7, 11) is 0. The molecule has 0 saturated heterocycles. The second-order valence-corrected chi connectivity index (χ2v) is 5.31. The van der Waals surface area contributed by atoms with Crippen LogP contribution in [0.1, 0.15) is 31.9 Å². The minimum Gasteiger partial charge on any atom is -0.349 e. The zero-order chi connectivity index (χ0) is 13.4. The number of hydrogen-bond donors (Lipinski definition) is 1. The molecule has 0 heterocycles. The zero-order valence-electron chi connectivity index (χ0n) is 10.8. The monoisotopic (exact) mass is 265 g/mol. The molecule has 4 heteroatoms. The number of carbonyl (C=O) groups excluding carboxylic acids is 2. The number of benzene rings is 1. The topological polar surface area (TPSA) is 46.2 Å². The summed E-state index contributed by atoms with van der Waals surface area (Å²) in [6.45, 7) is 3.53. The lowest BCUT2D eigenvalue weighted by molar-refractivity contribution is -0.119. The first-order valence-electron chi connectivity index (χ1n) is 6.01. The Labute approximate surface area is 112 Å². The molecule has 0 saturated carbocycles. The lowest BCUT2D eigenvalue weighted by Gasteiger charge is -2.13. The number of nitrogens with one attached hydrogen (secondary N) is 1. The number of carbonyl (C=O) groups is 2. The van der Waals surface area contributed by atoms with Crippen LogP contribution in [0.25, 0.3) is 0 Å². The van der Waals surface area contributed by atoms with E-state index >= 15 is 0 Å². The molecule has 0 aliphatic heterocycles. The Kier molecular flexibility index (Phi) is 6.50. The molecule has 0 aromatic heterocycles. The number of hydrogen-bond acceptors (Lipinski definition) is 3. The Hall–Kier alpha value is -1.29. The fourth-order valence-corrected chi connectivity index (χ4v) is 2.33. The average molecular weight is 265 g/mol. The van der Waals surface area contributed by atoms with E-state index in [2.05, 4.69) is 5.32 Å². The van der Waals surface area contributed by atoms with Gasteiger partial charge in [-0.15, -0.1) is 0 Å². The SMILES string of the molecule is CC(=O)CCSCC(=O)NC(C)c1ccccc1.